The SMILES string of the molecule is CCN(CC)c1cccc(OCCNCCCC(C)C)c1. The lowest BCUT2D eigenvalue weighted by Crippen LogP contribution is -2.23. The van der Waals surface area contributed by atoms with Crippen molar-refractivity contribution in [3.63, 3.8) is 0 Å². The minimum atomic E-state index is 0.726. The van der Waals surface area contributed by atoms with Gasteiger partial charge in [0.1, 0.15) is 12.4 Å². The zero-order chi connectivity index (χ0) is 15.5. The van der Waals surface area contributed by atoms with Crippen LogP contribution in [0.4, 0.5) is 5.69 Å². The maximum atomic E-state index is 5.82. The van der Waals surface area contributed by atoms with E-state index in [1.165, 1.54) is 18.5 Å². The van der Waals surface area contributed by atoms with Gasteiger partial charge in [0.25, 0.3) is 0 Å². The summed E-state index contributed by atoms with van der Waals surface area (Å²) in [4.78, 5) is 2.33. The molecule has 1 rings (SSSR count). The molecule has 3 heteroatoms. The molecule has 0 unspecified atom stereocenters. The van der Waals surface area contributed by atoms with Crippen molar-refractivity contribution in [3.05, 3.63) is 24.3 Å². The number of anilines is 1. The smallest absolute Gasteiger partial charge is 0.121 e. The molecule has 0 aliphatic rings. The molecule has 0 atom stereocenters. The Morgan fingerprint density at radius 1 is 1.14 bits per heavy atom. The van der Waals surface area contributed by atoms with E-state index in [-0.39, 0.29) is 0 Å². The number of hydrogen-bond acceptors (Lipinski definition) is 3. The summed E-state index contributed by atoms with van der Waals surface area (Å²) in [6, 6.07) is 8.38. The largest absolute Gasteiger partial charge is 0.492 e. The summed E-state index contributed by atoms with van der Waals surface area (Å²) in [5.74, 6) is 1.76. The van der Waals surface area contributed by atoms with Gasteiger partial charge in [-0.25, -0.2) is 0 Å². The van der Waals surface area contributed by atoms with Crippen LogP contribution in [0.2, 0.25) is 0 Å². The molecule has 0 aliphatic heterocycles. The summed E-state index contributed by atoms with van der Waals surface area (Å²) in [6.45, 7) is 13.7. The van der Waals surface area contributed by atoms with Gasteiger partial charge in [-0.05, 0) is 51.3 Å². The molecular formula is C18H32N2O. The first-order valence-corrected chi connectivity index (χ1v) is 8.35. The van der Waals surface area contributed by atoms with Gasteiger partial charge < -0.3 is 15.0 Å². The summed E-state index contributed by atoms with van der Waals surface area (Å²) >= 11 is 0. The topological polar surface area (TPSA) is 24.5 Å². The van der Waals surface area contributed by atoms with E-state index in [0.29, 0.717) is 0 Å². The maximum absolute atomic E-state index is 5.82. The van der Waals surface area contributed by atoms with Gasteiger partial charge in [0.2, 0.25) is 0 Å². The molecule has 0 saturated heterocycles. The monoisotopic (exact) mass is 292 g/mol. The normalized spacial score (nSPS) is 10.9. The van der Waals surface area contributed by atoms with Crippen LogP contribution in [0.25, 0.3) is 0 Å². The van der Waals surface area contributed by atoms with E-state index in [1.54, 1.807) is 0 Å². The van der Waals surface area contributed by atoms with Crippen molar-refractivity contribution in [3.8, 4) is 5.75 Å². The summed E-state index contributed by atoms with van der Waals surface area (Å²) in [5, 5.41) is 3.44. The molecule has 1 N–H and O–H groups in total. The second-order valence-electron chi connectivity index (χ2n) is 5.80. The molecule has 0 heterocycles. The Hall–Kier alpha value is -1.22. The van der Waals surface area contributed by atoms with Crippen LogP contribution >= 0.6 is 0 Å². The summed E-state index contributed by atoms with van der Waals surface area (Å²) in [5.41, 5.74) is 1.24. The molecule has 21 heavy (non-hydrogen) atoms. The van der Waals surface area contributed by atoms with Crippen molar-refractivity contribution >= 4 is 5.69 Å². The van der Waals surface area contributed by atoms with Crippen molar-refractivity contribution in [2.75, 3.05) is 37.7 Å². The third-order valence-electron chi connectivity index (χ3n) is 3.63. The number of hydrogen-bond donors (Lipinski definition) is 1. The Kier molecular flexibility index (Phi) is 8.91. The Morgan fingerprint density at radius 2 is 1.90 bits per heavy atom. The van der Waals surface area contributed by atoms with Crippen molar-refractivity contribution < 1.29 is 4.74 Å². The minimum absolute atomic E-state index is 0.726. The maximum Gasteiger partial charge on any atom is 0.121 e. The van der Waals surface area contributed by atoms with Crippen molar-refractivity contribution in [2.45, 2.75) is 40.5 Å². The lowest BCUT2D eigenvalue weighted by atomic mass is 10.1. The van der Waals surface area contributed by atoms with Gasteiger partial charge in [-0.3, -0.25) is 0 Å². The highest BCUT2D eigenvalue weighted by atomic mass is 16.5. The molecule has 3 nitrogen and oxygen atoms in total. The average Bonchev–Trinajstić information content (AvgIpc) is 2.48. The van der Waals surface area contributed by atoms with Gasteiger partial charge in [-0.2, -0.15) is 0 Å². The van der Waals surface area contributed by atoms with Gasteiger partial charge in [0.15, 0.2) is 0 Å². The fourth-order valence-corrected chi connectivity index (χ4v) is 2.36. The summed E-state index contributed by atoms with van der Waals surface area (Å²) < 4.78 is 5.82. The summed E-state index contributed by atoms with van der Waals surface area (Å²) in [7, 11) is 0. The molecule has 1 aromatic rings. The van der Waals surface area contributed by atoms with Gasteiger partial charge in [-0.15, -0.1) is 0 Å². The zero-order valence-corrected chi connectivity index (χ0v) is 14.2. The first-order valence-electron chi connectivity index (χ1n) is 8.35. The fraction of sp³-hybridized carbons (Fsp3) is 0.667. The lowest BCUT2D eigenvalue weighted by molar-refractivity contribution is 0.313. The molecule has 0 radical (unpaired) electrons. The van der Waals surface area contributed by atoms with Crippen LogP contribution < -0.4 is 15.0 Å². The molecule has 0 aromatic heterocycles. The molecular weight excluding hydrogens is 260 g/mol. The number of ether oxygens (including phenoxy) is 1. The van der Waals surface area contributed by atoms with Crippen LogP contribution in [-0.2, 0) is 0 Å². The molecule has 0 aliphatic carbocycles. The van der Waals surface area contributed by atoms with E-state index in [4.69, 9.17) is 4.74 Å². The van der Waals surface area contributed by atoms with Crippen LogP contribution in [0, 0.1) is 5.92 Å². The van der Waals surface area contributed by atoms with E-state index >= 15 is 0 Å². The predicted octanol–water partition coefficient (Wildman–Crippen LogP) is 3.94. The van der Waals surface area contributed by atoms with Gasteiger partial charge >= 0.3 is 0 Å². The van der Waals surface area contributed by atoms with Gasteiger partial charge in [-0.1, -0.05) is 19.9 Å². The van der Waals surface area contributed by atoms with Crippen LogP contribution in [0.1, 0.15) is 40.5 Å². The third kappa shape index (κ3) is 7.37. The summed E-state index contributed by atoms with van der Waals surface area (Å²) in [6.07, 6.45) is 2.54. The van der Waals surface area contributed by atoms with E-state index in [1.807, 2.05) is 6.07 Å². The lowest BCUT2D eigenvalue weighted by Gasteiger charge is -2.21. The number of rotatable bonds is 11. The minimum Gasteiger partial charge on any atom is -0.492 e. The van der Waals surface area contributed by atoms with Crippen molar-refractivity contribution in [1.82, 2.24) is 5.32 Å². The van der Waals surface area contributed by atoms with Gasteiger partial charge in [0, 0.05) is 31.4 Å². The number of benzene rings is 1. The number of nitrogens with zero attached hydrogens (tertiary/aromatic N) is 1. The second-order valence-corrected chi connectivity index (χ2v) is 5.80. The van der Waals surface area contributed by atoms with Crippen LogP contribution in [0.15, 0.2) is 24.3 Å². The van der Waals surface area contributed by atoms with Crippen LogP contribution in [-0.4, -0.2) is 32.8 Å². The molecule has 0 fully saturated rings. The van der Waals surface area contributed by atoms with Crippen LogP contribution in [0.5, 0.6) is 5.75 Å². The van der Waals surface area contributed by atoms with Crippen molar-refractivity contribution in [1.29, 1.82) is 0 Å². The fourth-order valence-electron chi connectivity index (χ4n) is 2.36. The predicted molar refractivity (Wildman–Crippen MR) is 92.4 cm³/mol. The van der Waals surface area contributed by atoms with Crippen LogP contribution in [0.3, 0.4) is 0 Å². The highest BCUT2D eigenvalue weighted by Crippen LogP contribution is 2.20. The molecule has 0 spiro atoms. The second kappa shape index (κ2) is 10.5. The first-order chi connectivity index (χ1) is 10.2. The highest BCUT2D eigenvalue weighted by Gasteiger charge is 2.03. The van der Waals surface area contributed by atoms with E-state index in [2.05, 4.69) is 56.1 Å². The molecule has 0 amide bonds. The van der Waals surface area contributed by atoms with Crippen molar-refractivity contribution in [2.24, 2.45) is 5.92 Å². The highest BCUT2D eigenvalue weighted by molar-refractivity contribution is 5.50. The Balaban J connectivity index is 2.24. The van der Waals surface area contributed by atoms with E-state index in [0.717, 1.165) is 44.5 Å². The van der Waals surface area contributed by atoms with E-state index < -0.39 is 0 Å². The Morgan fingerprint density at radius 3 is 2.57 bits per heavy atom. The Bertz CT molecular complexity index is 375. The zero-order valence-electron chi connectivity index (χ0n) is 14.2. The molecule has 0 bridgehead atoms. The molecule has 0 saturated carbocycles. The standard InChI is InChI=1S/C18H32N2O/c1-5-20(6-2)17-10-7-11-18(15-17)21-14-13-19-12-8-9-16(3)4/h7,10-11,15-16,19H,5-6,8-9,12-14H2,1-4H3. The first kappa shape index (κ1) is 17.8. The third-order valence-corrected chi connectivity index (χ3v) is 3.63. The molecule has 120 valence electrons. The Labute approximate surface area is 130 Å². The quantitative estimate of drug-likeness (QED) is 0.625. The van der Waals surface area contributed by atoms with Gasteiger partial charge in [0.05, 0.1) is 0 Å². The average molecular weight is 292 g/mol. The number of nitrogens with one attached hydrogen (secondary N) is 1. The molecule has 1 aromatic carbocycles. The van der Waals surface area contributed by atoms with E-state index in [9.17, 15) is 0 Å².